The van der Waals surface area contributed by atoms with Gasteiger partial charge >= 0.3 is 0 Å². The Balaban J connectivity index is 1.61. The molecular weight excluding hydrogens is 373 g/mol. The van der Waals surface area contributed by atoms with Gasteiger partial charge in [-0.15, -0.1) is 0 Å². The van der Waals surface area contributed by atoms with E-state index >= 15 is 0 Å². The van der Waals surface area contributed by atoms with Gasteiger partial charge in [-0.1, -0.05) is 24.3 Å². The average molecular weight is 395 g/mol. The number of likely N-dealkylation sites (tertiary alicyclic amines) is 1. The number of fused-ring (bicyclic) bond motifs is 1. The third kappa shape index (κ3) is 3.86. The number of benzene rings is 2. The lowest BCUT2D eigenvalue weighted by molar-refractivity contribution is 0.0348. The Morgan fingerprint density at radius 3 is 2.59 bits per heavy atom. The number of nitrogens with zero attached hydrogens (tertiary/aromatic N) is 1. The number of hydrazine groups is 1. The molecule has 6 nitrogen and oxygen atoms in total. The summed E-state index contributed by atoms with van der Waals surface area (Å²) < 4.78 is 19.8. The Morgan fingerprint density at radius 1 is 1.14 bits per heavy atom. The molecule has 2 aliphatic heterocycles. The number of halogens is 1. The largest absolute Gasteiger partial charge is 0.381 e. The highest BCUT2D eigenvalue weighted by atomic mass is 19.1. The van der Waals surface area contributed by atoms with Crippen molar-refractivity contribution in [3.05, 3.63) is 70.5 Å². The number of carbonyl (C=O) groups excluding carboxylic acids is 2. The quantitative estimate of drug-likeness (QED) is 0.839. The zero-order valence-corrected chi connectivity index (χ0v) is 16.1. The van der Waals surface area contributed by atoms with Crippen molar-refractivity contribution in [1.82, 2.24) is 15.8 Å². The number of carbonyl (C=O) groups is 2. The molecule has 1 fully saturated rings. The molecular formula is C22H22FN3O3. The number of nitrogens with one attached hydrogen (secondary N) is 2. The summed E-state index contributed by atoms with van der Waals surface area (Å²) in [4.78, 5) is 26.5. The van der Waals surface area contributed by atoms with Crippen LogP contribution >= 0.6 is 0 Å². The second kappa shape index (κ2) is 8.05. The normalized spacial score (nSPS) is 18.2. The number of ether oxygens (including phenoxy) is 1. The molecule has 2 aromatic carbocycles. The van der Waals surface area contributed by atoms with Crippen molar-refractivity contribution in [2.24, 2.45) is 0 Å². The van der Waals surface area contributed by atoms with Crippen LogP contribution in [0.15, 0.2) is 42.5 Å². The average Bonchev–Trinajstić information content (AvgIpc) is 2.77. The lowest BCUT2D eigenvalue weighted by atomic mass is 9.99. The van der Waals surface area contributed by atoms with Crippen LogP contribution in [0, 0.1) is 5.82 Å². The maximum Gasteiger partial charge on any atom is 0.270 e. The highest BCUT2D eigenvalue weighted by Crippen LogP contribution is 2.24. The van der Waals surface area contributed by atoms with E-state index in [9.17, 15) is 14.0 Å². The summed E-state index contributed by atoms with van der Waals surface area (Å²) >= 11 is 0. The standard InChI is InChI=1S/C22H22FN3O3/c1-29-15-8-10-26(11-9-15)22(28)18-12-14(6-7-19(18)23)13-20-16-4-2-3-5-17(16)21(27)25-24-20/h2-7,12-13,15,24H,8-11H2,1H3,(H,25,27). The molecule has 29 heavy (non-hydrogen) atoms. The Morgan fingerprint density at radius 2 is 1.86 bits per heavy atom. The number of rotatable bonds is 3. The zero-order valence-electron chi connectivity index (χ0n) is 16.1. The predicted octanol–water partition coefficient (Wildman–Crippen LogP) is 2.82. The number of hydrogen-bond donors (Lipinski definition) is 2. The molecule has 150 valence electrons. The highest BCUT2D eigenvalue weighted by molar-refractivity contribution is 6.03. The van der Waals surface area contributed by atoms with Gasteiger partial charge in [-0.2, -0.15) is 0 Å². The summed E-state index contributed by atoms with van der Waals surface area (Å²) in [6.07, 6.45) is 3.42. The second-order valence-electron chi connectivity index (χ2n) is 7.15. The van der Waals surface area contributed by atoms with E-state index in [4.69, 9.17) is 4.74 Å². The summed E-state index contributed by atoms with van der Waals surface area (Å²) in [6, 6.07) is 11.7. The Labute approximate surface area is 168 Å². The zero-order chi connectivity index (χ0) is 20.4. The lowest BCUT2D eigenvalue weighted by Crippen LogP contribution is -2.41. The van der Waals surface area contributed by atoms with Crippen LogP contribution in [0.2, 0.25) is 0 Å². The molecule has 0 unspecified atom stereocenters. The van der Waals surface area contributed by atoms with Crippen LogP contribution in [0.5, 0.6) is 0 Å². The maximum absolute atomic E-state index is 14.4. The first-order valence-corrected chi connectivity index (χ1v) is 9.56. The molecule has 0 radical (unpaired) electrons. The first-order valence-electron chi connectivity index (χ1n) is 9.56. The van der Waals surface area contributed by atoms with Gasteiger partial charge in [0.2, 0.25) is 0 Å². The van der Waals surface area contributed by atoms with Gasteiger partial charge in [-0.3, -0.25) is 20.4 Å². The van der Waals surface area contributed by atoms with Gasteiger partial charge in [0.25, 0.3) is 11.8 Å². The fourth-order valence-electron chi connectivity index (χ4n) is 3.72. The minimum atomic E-state index is -0.545. The summed E-state index contributed by atoms with van der Waals surface area (Å²) in [5.41, 5.74) is 8.15. The van der Waals surface area contributed by atoms with E-state index in [-0.39, 0.29) is 23.5 Å². The van der Waals surface area contributed by atoms with Crippen molar-refractivity contribution in [3.63, 3.8) is 0 Å². The van der Waals surface area contributed by atoms with Crippen molar-refractivity contribution in [2.75, 3.05) is 20.2 Å². The fraction of sp³-hybridized carbons (Fsp3) is 0.273. The third-order valence-corrected chi connectivity index (χ3v) is 5.37. The van der Waals surface area contributed by atoms with Crippen molar-refractivity contribution in [3.8, 4) is 0 Å². The van der Waals surface area contributed by atoms with Gasteiger partial charge in [-0.25, -0.2) is 4.39 Å². The molecule has 2 heterocycles. The molecule has 2 aliphatic rings. The van der Waals surface area contributed by atoms with Crippen LogP contribution in [-0.4, -0.2) is 43.0 Å². The summed E-state index contributed by atoms with van der Waals surface area (Å²) in [5, 5.41) is 0. The maximum atomic E-state index is 14.4. The van der Waals surface area contributed by atoms with Crippen molar-refractivity contribution < 1.29 is 18.7 Å². The van der Waals surface area contributed by atoms with Crippen molar-refractivity contribution in [1.29, 1.82) is 0 Å². The van der Waals surface area contributed by atoms with Gasteiger partial charge in [0.05, 0.1) is 22.9 Å². The van der Waals surface area contributed by atoms with Crippen LogP contribution in [0.4, 0.5) is 4.39 Å². The van der Waals surface area contributed by atoms with Crippen LogP contribution in [0.1, 0.15) is 44.7 Å². The van der Waals surface area contributed by atoms with E-state index < -0.39 is 5.82 Å². The highest BCUT2D eigenvalue weighted by Gasteiger charge is 2.25. The topological polar surface area (TPSA) is 70.7 Å². The van der Waals surface area contributed by atoms with E-state index in [0.717, 1.165) is 18.4 Å². The molecule has 0 saturated carbocycles. The van der Waals surface area contributed by atoms with E-state index in [0.29, 0.717) is 29.9 Å². The SMILES string of the molecule is COC1CCN(C(=O)c2cc(C=C3NNC(=O)c4ccccc43)ccc2F)CC1. The van der Waals surface area contributed by atoms with E-state index in [1.54, 1.807) is 42.4 Å². The number of amides is 2. The molecule has 0 atom stereocenters. The molecule has 0 spiro atoms. The number of hydrogen-bond acceptors (Lipinski definition) is 4. The third-order valence-electron chi connectivity index (χ3n) is 5.37. The minimum Gasteiger partial charge on any atom is -0.381 e. The molecule has 2 aromatic rings. The van der Waals surface area contributed by atoms with Crippen LogP contribution < -0.4 is 10.9 Å². The lowest BCUT2D eigenvalue weighted by Gasteiger charge is -2.31. The van der Waals surface area contributed by atoms with Gasteiger partial charge < -0.3 is 9.64 Å². The Bertz CT molecular complexity index is 981. The first-order chi connectivity index (χ1) is 14.1. The molecule has 0 aliphatic carbocycles. The number of piperidine rings is 1. The van der Waals surface area contributed by atoms with E-state index in [1.165, 1.54) is 6.07 Å². The monoisotopic (exact) mass is 395 g/mol. The summed E-state index contributed by atoms with van der Waals surface area (Å²) in [6.45, 7) is 1.09. The van der Waals surface area contributed by atoms with Crippen LogP contribution in [0.25, 0.3) is 11.8 Å². The molecule has 7 heteroatoms. The molecule has 2 amide bonds. The van der Waals surface area contributed by atoms with Gasteiger partial charge in [0.1, 0.15) is 5.82 Å². The summed E-state index contributed by atoms with van der Waals surface area (Å²) in [5.74, 6) is -1.08. The smallest absolute Gasteiger partial charge is 0.270 e. The molecule has 2 N–H and O–H groups in total. The predicted molar refractivity (Wildman–Crippen MR) is 107 cm³/mol. The van der Waals surface area contributed by atoms with Crippen molar-refractivity contribution >= 4 is 23.6 Å². The van der Waals surface area contributed by atoms with Crippen LogP contribution in [0.3, 0.4) is 0 Å². The van der Waals surface area contributed by atoms with E-state index in [2.05, 4.69) is 10.9 Å². The fourth-order valence-corrected chi connectivity index (χ4v) is 3.72. The Kier molecular flexibility index (Phi) is 5.31. The van der Waals surface area contributed by atoms with Crippen LogP contribution in [-0.2, 0) is 4.74 Å². The summed E-state index contributed by atoms with van der Waals surface area (Å²) in [7, 11) is 1.67. The van der Waals surface area contributed by atoms with Gasteiger partial charge in [-0.05, 0) is 42.7 Å². The Hall–Kier alpha value is -3.19. The number of methoxy groups -OCH3 is 1. The van der Waals surface area contributed by atoms with E-state index in [1.807, 2.05) is 12.1 Å². The molecule has 4 rings (SSSR count). The first kappa shape index (κ1) is 19.1. The molecule has 0 aromatic heterocycles. The van der Waals surface area contributed by atoms with Gasteiger partial charge in [0.15, 0.2) is 0 Å². The van der Waals surface area contributed by atoms with Crippen molar-refractivity contribution in [2.45, 2.75) is 18.9 Å². The molecule has 0 bridgehead atoms. The second-order valence-corrected chi connectivity index (χ2v) is 7.15. The minimum absolute atomic E-state index is 0.0448. The molecule has 1 saturated heterocycles. The van der Waals surface area contributed by atoms with Gasteiger partial charge in [0, 0.05) is 25.8 Å².